The topological polar surface area (TPSA) is 75.4 Å². The molecule has 0 aromatic heterocycles. The van der Waals surface area contributed by atoms with Crippen LogP contribution in [0.1, 0.15) is 26.3 Å². The molecule has 0 unspecified atom stereocenters. The van der Waals surface area contributed by atoms with Gasteiger partial charge in [0.1, 0.15) is 0 Å². The fourth-order valence-corrected chi connectivity index (χ4v) is 1.42. The van der Waals surface area contributed by atoms with Crippen molar-refractivity contribution in [3.8, 4) is 0 Å². The van der Waals surface area contributed by atoms with Crippen LogP contribution < -0.4 is 11.1 Å². The summed E-state index contributed by atoms with van der Waals surface area (Å²) in [4.78, 5) is 24.6. The van der Waals surface area contributed by atoms with Crippen molar-refractivity contribution in [1.82, 2.24) is 4.90 Å². The lowest BCUT2D eigenvalue weighted by molar-refractivity contribution is -0.128. The Labute approximate surface area is 113 Å². The summed E-state index contributed by atoms with van der Waals surface area (Å²) in [5.74, 6) is -0.248. The lowest BCUT2D eigenvalue weighted by Crippen LogP contribution is -2.45. The second-order valence-corrected chi connectivity index (χ2v) is 5.25. The molecule has 3 N–H and O–H groups in total. The maximum atomic E-state index is 11.8. The Kier molecular flexibility index (Phi) is 4.67. The number of nitrogens with two attached hydrogens (primary N) is 1. The van der Waals surface area contributed by atoms with Crippen molar-refractivity contribution in [1.29, 1.82) is 0 Å². The minimum atomic E-state index is -0.924. The van der Waals surface area contributed by atoms with Gasteiger partial charge in [-0.2, -0.15) is 0 Å². The summed E-state index contributed by atoms with van der Waals surface area (Å²) >= 11 is 0. The van der Waals surface area contributed by atoms with Gasteiger partial charge in [-0.25, -0.2) is 0 Å². The zero-order valence-electron chi connectivity index (χ0n) is 11.9. The fourth-order valence-electron chi connectivity index (χ4n) is 1.42. The molecule has 0 aliphatic heterocycles. The van der Waals surface area contributed by atoms with Gasteiger partial charge in [0, 0.05) is 26.2 Å². The van der Waals surface area contributed by atoms with E-state index < -0.39 is 5.54 Å². The van der Waals surface area contributed by atoms with E-state index in [0.717, 1.165) is 5.56 Å². The van der Waals surface area contributed by atoms with E-state index in [2.05, 4.69) is 5.32 Å². The molecular formula is C14H21N3O2. The Balaban J connectivity index is 2.78. The first-order chi connectivity index (χ1) is 8.70. The number of carbonyl (C=O) groups is 2. The number of nitrogens with one attached hydrogen (secondary N) is 1. The molecule has 1 aromatic carbocycles. The molecule has 0 aliphatic rings. The molecule has 19 heavy (non-hydrogen) atoms. The van der Waals surface area contributed by atoms with Gasteiger partial charge < -0.3 is 16.0 Å². The molecule has 0 radical (unpaired) electrons. The molecule has 5 heteroatoms. The van der Waals surface area contributed by atoms with Gasteiger partial charge in [-0.3, -0.25) is 9.59 Å². The summed E-state index contributed by atoms with van der Waals surface area (Å²) in [7, 11) is 1.73. The summed E-state index contributed by atoms with van der Waals surface area (Å²) < 4.78 is 0. The van der Waals surface area contributed by atoms with Crippen LogP contribution in [0.25, 0.3) is 0 Å². The van der Waals surface area contributed by atoms with Crippen LogP contribution >= 0.6 is 0 Å². The Morgan fingerprint density at radius 2 is 2.00 bits per heavy atom. The summed E-state index contributed by atoms with van der Waals surface area (Å²) in [6, 6.07) is 7.37. The zero-order chi connectivity index (χ0) is 14.6. The van der Waals surface area contributed by atoms with Crippen LogP contribution in [0.4, 0.5) is 5.69 Å². The van der Waals surface area contributed by atoms with Gasteiger partial charge in [0.15, 0.2) is 0 Å². The molecule has 0 bridgehead atoms. The fraction of sp³-hybridized carbons (Fsp3) is 0.429. The van der Waals surface area contributed by atoms with Crippen LogP contribution in [0, 0.1) is 0 Å². The van der Waals surface area contributed by atoms with Crippen molar-refractivity contribution < 1.29 is 9.59 Å². The first-order valence-corrected chi connectivity index (χ1v) is 6.11. The molecule has 0 aliphatic carbocycles. The molecule has 5 nitrogen and oxygen atoms in total. The van der Waals surface area contributed by atoms with E-state index in [-0.39, 0.29) is 11.8 Å². The van der Waals surface area contributed by atoms with E-state index in [1.807, 2.05) is 18.2 Å². The molecule has 0 saturated heterocycles. The first-order valence-electron chi connectivity index (χ1n) is 6.11. The molecule has 0 atom stereocenters. The van der Waals surface area contributed by atoms with Gasteiger partial charge in [-0.1, -0.05) is 12.1 Å². The second-order valence-electron chi connectivity index (χ2n) is 5.25. The lowest BCUT2D eigenvalue weighted by atomic mass is 10.1. The Morgan fingerprint density at radius 3 is 2.53 bits per heavy atom. The van der Waals surface area contributed by atoms with E-state index in [4.69, 9.17) is 5.73 Å². The number of anilines is 1. The SMILES string of the molecule is CC(=O)N(C)Cc1cccc(NC(=O)C(C)(C)N)c1. The average molecular weight is 263 g/mol. The summed E-state index contributed by atoms with van der Waals surface area (Å²) in [5.41, 5.74) is 6.42. The van der Waals surface area contributed by atoms with E-state index in [9.17, 15) is 9.59 Å². The summed E-state index contributed by atoms with van der Waals surface area (Å²) in [6.07, 6.45) is 0. The molecular weight excluding hydrogens is 242 g/mol. The highest BCUT2D eigenvalue weighted by Gasteiger charge is 2.21. The molecule has 1 rings (SSSR count). The van der Waals surface area contributed by atoms with Crippen LogP contribution in [0.2, 0.25) is 0 Å². The Bertz CT molecular complexity index is 478. The average Bonchev–Trinajstić information content (AvgIpc) is 2.27. The Hall–Kier alpha value is -1.88. The zero-order valence-corrected chi connectivity index (χ0v) is 11.9. The van der Waals surface area contributed by atoms with Gasteiger partial charge >= 0.3 is 0 Å². The molecule has 1 aromatic rings. The highest BCUT2D eigenvalue weighted by molar-refractivity contribution is 5.97. The molecule has 0 saturated carbocycles. The van der Waals surface area contributed by atoms with Gasteiger partial charge in [-0.15, -0.1) is 0 Å². The largest absolute Gasteiger partial charge is 0.342 e. The highest BCUT2D eigenvalue weighted by Crippen LogP contribution is 2.14. The third-order valence-corrected chi connectivity index (χ3v) is 2.73. The first kappa shape index (κ1) is 15.2. The Morgan fingerprint density at radius 1 is 1.37 bits per heavy atom. The van der Waals surface area contributed by atoms with Gasteiger partial charge in [0.25, 0.3) is 0 Å². The molecule has 0 heterocycles. The van der Waals surface area contributed by atoms with E-state index >= 15 is 0 Å². The molecule has 104 valence electrons. The smallest absolute Gasteiger partial charge is 0.243 e. The van der Waals surface area contributed by atoms with Crippen LogP contribution in [0.5, 0.6) is 0 Å². The number of benzene rings is 1. The normalized spacial score (nSPS) is 11.0. The van der Waals surface area contributed by atoms with Crippen molar-refractivity contribution in [3.05, 3.63) is 29.8 Å². The summed E-state index contributed by atoms with van der Waals surface area (Å²) in [5, 5.41) is 2.76. The standard InChI is InChI=1S/C14H21N3O2/c1-10(18)17(4)9-11-6-5-7-12(8-11)16-13(19)14(2,3)15/h5-8H,9,15H2,1-4H3,(H,16,19). The number of rotatable bonds is 4. The lowest BCUT2D eigenvalue weighted by Gasteiger charge is -2.19. The number of hydrogen-bond acceptors (Lipinski definition) is 3. The van der Waals surface area contributed by atoms with Crippen LogP contribution in [0.3, 0.4) is 0 Å². The minimum absolute atomic E-state index is 0.00229. The van der Waals surface area contributed by atoms with E-state index in [1.165, 1.54) is 6.92 Å². The minimum Gasteiger partial charge on any atom is -0.342 e. The van der Waals surface area contributed by atoms with Crippen molar-refractivity contribution >= 4 is 17.5 Å². The molecule has 0 fully saturated rings. The van der Waals surface area contributed by atoms with Crippen molar-refractivity contribution in [2.75, 3.05) is 12.4 Å². The molecule has 2 amide bonds. The maximum Gasteiger partial charge on any atom is 0.243 e. The third kappa shape index (κ3) is 4.71. The number of nitrogens with zero attached hydrogens (tertiary/aromatic N) is 1. The summed E-state index contributed by atoms with van der Waals surface area (Å²) in [6.45, 7) is 5.32. The molecule has 0 spiro atoms. The maximum absolute atomic E-state index is 11.8. The number of amides is 2. The van der Waals surface area contributed by atoms with Gasteiger partial charge in [0.2, 0.25) is 11.8 Å². The van der Waals surface area contributed by atoms with Gasteiger partial charge in [-0.05, 0) is 31.5 Å². The highest BCUT2D eigenvalue weighted by atomic mass is 16.2. The van der Waals surface area contributed by atoms with Crippen LogP contribution in [0.15, 0.2) is 24.3 Å². The second kappa shape index (κ2) is 5.84. The monoisotopic (exact) mass is 263 g/mol. The number of hydrogen-bond donors (Lipinski definition) is 2. The third-order valence-electron chi connectivity index (χ3n) is 2.73. The predicted octanol–water partition coefficient (Wildman–Crippen LogP) is 1.34. The predicted molar refractivity (Wildman–Crippen MR) is 75.5 cm³/mol. The van der Waals surface area contributed by atoms with Crippen molar-refractivity contribution in [2.24, 2.45) is 5.73 Å². The number of carbonyl (C=O) groups excluding carboxylic acids is 2. The van der Waals surface area contributed by atoms with Crippen LogP contribution in [-0.4, -0.2) is 29.3 Å². The van der Waals surface area contributed by atoms with Crippen molar-refractivity contribution in [3.63, 3.8) is 0 Å². The van der Waals surface area contributed by atoms with Crippen LogP contribution in [-0.2, 0) is 16.1 Å². The van der Waals surface area contributed by atoms with Crippen molar-refractivity contribution in [2.45, 2.75) is 32.9 Å². The van der Waals surface area contributed by atoms with E-state index in [1.54, 1.807) is 31.9 Å². The van der Waals surface area contributed by atoms with E-state index in [0.29, 0.717) is 12.2 Å². The quantitative estimate of drug-likeness (QED) is 0.860. The van der Waals surface area contributed by atoms with Gasteiger partial charge in [0.05, 0.1) is 5.54 Å².